The Labute approximate surface area is 116 Å². The Morgan fingerprint density at radius 1 is 1.21 bits per heavy atom. The van der Waals surface area contributed by atoms with Crippen LogP contribution in [0.15, 0.2) is 0 Å². The minimum absolute atomic E-state index is 0.168. The molecule has 1 aliphatic carbocycles. The van der Waals surface area contributed by atoms with E-state index in [4.69, 9.17) is 11.2 Å². The Morgan fingerprint density at radius 3 is 2.32 bits per heavy atom. The van der Waals surface area contributed by atoms with E-state index in [-0.39, 0.29) is 17.7 Å². The number of hydrogen-bond acceptors (Lipinski definition) is 3. The molecule has 0 heterocycles. The van der Waals surface area contributed by atoms with E-state index in [2.05, 4.69) is 16.6 Å². The molecular weight excluding hydrogens is 240 g/mol. The predicted molar refractivity (Wildman–Crippen MR) is 76.8 cm³/mol. The second-order valence-corrected chi connectivity index (χ2v) is 6.77. The van der Waals surface area contributed by atoms with Gasteiger partial charge in [-0.2, -0.15) is 0 Å². The number of terminal acetylenes is 1. The Balaban J connectivity index is 2.37. The molecule has 1 saturated carbocycles. The average Bonchev–Trinajstić information content (AvgIpc) is 2.61. The summed E-state index contributed by atoms with van der Waals surface area (Å²) in [5.74, 6) is 2.73. The fraction of sp³-hybridized carbons (Fsp3) is 0.800. The highest BCUT2D eigenvalue weighted by Gasteiger charge is 2.30. The van der Waals surface area contributed by atoms with Crippen molar-refractivity contribution in [3.8, 4) is 12.3 Å². The van der Waals surface area contributed by atoms with Crippen LogP contribution in [0.4, 0.5) is 4.79 Å². The normalized spacial score (nSPS) is 23.8. The molecule has 2 atom stereocenters. The molecule has 0 aromatic rings. The van der Waals surface area contributed by atoms with Crippen LogP contribution < -0.4 is 10.6 Å². The van der Waals surface area contributed by atoms with Gasteiger partial charge in [-0.05, 0) is 53.9 Å². The van der Waals surface area contributed by atoms with E-state index in [1.165, 1.54) is 0 Å². The molecule has 2 N–H and O–H groups in total. The topological polar surface area (TPSA) is 50.4 Å². The van der Waals surface area contributed by atoms with Gasteiger partial charge in [-0.25, -0.2) is 4.79 Å². The van der Waals surface area contributed by atoms with Crippen LogP contribution in [0.3, 0.4) is 0 Å². The summed E-state index contributed by atoms with van der Waals surface area (Å²) >= 11 is 0. The van der Waals surface area contributed by atoms with Crippen molar-refractivity contribution in [3.05, 3.63) is 0 Å². The number of hydrogen-bond donors (Lipinski definition) is 2. The third-order valence-electron chi connectivity index (χ3n) is 3.08. The zero-order chi connectivity index (χ0) is 14.7. The van der Waals surface area contributed by atoms with E-state index in [1.807, 2.05) is 34.6 Å². The summed E-state index contributed by atoms with van der Waals surface area (Å²) in [4.78, 5) is 11.7. The monoisotopic (exact) mass is 266 g/mol. The molecule has 0 aromatic heterocycles. The molecule has 4 nitrogen and oxygen atoms in total. The number of ether oxygens (including phenoxy) is 1. The highest BCUT2D eigenvalue weighted by atomic mass is 16.6. The van der Waals surface area contributed by atoms with E-state index in [9.17, 15) is 4.79 Å². The molecule has 0 bridgehead atoms. The van der Waals surface area contributed by atoms with Crippen LogP contribution in [0.5, 0.6) is 0 Å². The van der Waals surface area contributed by atoms with Crippen molar-refractivity contribution in [2.45, 2.75) is 77.1 Å². The molecule has 19 heavy (non-hydrogen) atoms. The van der Waals surface area contributed by atoms with Gasteiger partial charge in [0.25, 0.3) is 0 Å². The van der Waals surface area contributed by atoms with Crippen molar-refractivity contribution in [2.24, 2.45) is 0 Å². The summed E-state index contributed by atoms with van der Waals surface area (Å²) in [6, 6.07) is 0.520. The van der Waals surface area contributed by atoms with Gasteiger partial charge in [0.2, 0.25) is 0 Å². The van der Waals surface area contributed by atoms with Crippen LogP contribution in [0.1, 0.15) is 53.9 Å². The molecule has 1 aliphatic rings. The number of carbonyl (C=O) groups excluding carboxylic acids is 1. The number of carbonyl (C=O) groups is 1. The zero-order valence-electron chi connectivity index (χ0n) is 12.7. The fourth-order valence-electron chi connectivity index (χ4n) is 2.27. The maximum Gasteiger partial charge on any atom is 0.407 e. The van der Waals surface area contributed by atoms with Crippen molar-refractivity contribution in [2.75, 3.05) is 0 Å². The van der Waals surface area contributed by atoms with Crippen LogP contribution in [0.25, 0.3) is 0 Å². The Hall–Kier alpha value is -1.21. The van der Waals surface area contributed by atoms with Gasteiger partial charge < -0.3 is 10.1 Å². The molecule has 0 aliphatic heterocycles. The first kappa shape index (κ1) is 15.8. The summed E-state index contributed by atoms with van der Waals surface area (Å²) in [7, 11) is 0. The lowest BCUT2D eigenvalue weighted by Gasteiger charge is -2.25. The van der Waals surface area contributed by atoms with Crippen molar-refractivity contribution in [1.29, 1.82) is 0 Å². The number of rotatable bonds is 3. The molecular formula is C15H26N2O2. The fourth-order valence-corrected chi connectivity index (χ4v) is 2.27. The molecule has 2 unspecified atom stereocenters. The van der Waals surface area contributed by atoms with E-state index < -0.39 is 5.60 Å². The van der Waals surface area contributed by atoms with Crippen LogP contribution in [0, 0.1) is 12.3 Å². The minimum atomic E-state index is -0.453. The molecule has 0 spiro atoms. The van der Waals surface area contributed by atoms with E-state index in [0.717, 1.165) is 19.3 Å². The lowest BCUT2D eigenvalue weighted by Crippen LogP contribution is -2.45. The van der Waals surface area contributed by atoms with E-state index in [1.54, 1.807) is 0 Å². The molecule has 108 valence electrons. The van der Waals surface area contributed by atoms with Gasteiger partial charge in [-0.15, -0.1) is 6.42 Å². The van der Waals surface area contributed by atoms with Gasteiger partial charge in [0.1, 0.15) is 5.60 Å². The van der Waals surface area contributed by atoms with Gasteiger partial charge in [0.05, 0.1) is 5.54 Å². The summed E-state index contributed by atoms with van der Waals surface area (Å²) in [6.45, 7) is 9.56. The van der Waals surface area contributed by atoms with Gasteiger partial charge in [-0.1, -0.05) is 5.92 Å². The summed E-state index contributed by atoms with van der Waals surface area (Å²) in [6.07, 6.45) is 8.00. The highest BCUT2D eigenvalue weighted by molar-refractivity contribution is 5.68. The Kier molecular flexibility index (Phi) is 4.86. The predicted octanol–water partition coefficient (Wildman–Crippen LogP) is 2.43. The van der Waals surface area contributed by atoms with Crippen LogP contribution in [0.2, 0.25) is 0 Å². The van der Waals surface area contributed by atoms with Crippen molar-refractivity contribution in [3.63, 3.8) is 0 Å². The average molecular weight is 266 g/mol. The SMILES string of the molecule is C#CC(C)(C)NC1CCC(NC(=O)OC(C)(C)C)C1. The van der Waals surface area contributed by atoms with Crippen LogP contribution in [-0.4, -0.2) is 29.3 Å². The smallest absolute Gasteiger partial charge is 0.407 e. The summed E-state index contributed by atoms with van der Waals surface area (Å²) in [5, 5.41) is 6.34. The van der Waals surface area contributed by atoms with Crippen LogP contribution >= 0.6 is 0 Å². The van der Waals surface area contributed by atoms with Gasteiger partial charge in [0, 0.05) is 12.1 Å². The lowest BCUT2D eigenvalue weighted by molar-refractivity contribution is 0.0505. The first-order valence-corrected chi connectivity index (χ1v) is 6.86. The number of alkyl carbamates (subject to hydrolysis) is 1. The molecule has 0 radical (unpaired) electrons. The maximum absolute atomic E-state index is 11.7. The Bertz CT molecular complexity index is 363. The van der Waals surface area contributed by atoms with Crippen LogP contribution in [-0.2, 0) is 4.74 Å². The van der Waals surface area contributed by atoms with E-state index in [0.29, 0.717) is 6.04 Å². The standard InChI is InChI=1S/C15H26N2O2/c1-7-15(5,6)17-12-9-8-11(10-12)16-13(18)19-14(2,3)4/h1,11-12,17H,8-10H2,2-6H3,(H,16,18). The number of amides is 1. The highest BCUT2D eigenvalue weighted by Crippen LogP contribution is 2.21. The van der Waals surface area contributed by atoms with Gasteiger partial charge in [-0.3, -0.25) is 5.32 Å². The van der Waals surface area contributed by atoms with Crippen molar-refractivity contribution >= 4 is 6.09 Å². The molecule has 0 aromatic carbocycles. The van der Waals surface area contributed by atoms with Crippen molar-refractivity contribution in [1.82, 2.24) is 10.6 Å². The van der Waals surface area contributed by atoms with Gasteiger partial charge in [0.15, 0.2) is 0 Å². The minimum Gasteiger partial charge on any atom is -0.444 e. The second kappa shape index (κ2) is 5.83. The second-order valence-electron chi connectivity index (χ2n) is 6.77. The van der Waals surface area contributed by atoms with E-state index >= 15 is 0 Å². The van der Waals surface area contributed by atoms with Gasteiger partial charge >= 0.3 is 6.09 Å². The third kappa shape index (κ3) is 5.98. The largest absolute Gasteiger partial charge is 0.444 e. The lowest BCUT2D eigenvalue weighted by atomic mass is 10.0. The van der Waals surface area contributed by atoms with Crippen molar-refractivity contribution < 1.29 is 9.53 Å². The first-order chi connectivity index (χ1) is 8.61. The number of nitrogens with one attached hydrogen (secondary N) is 2. The molecule has 1 rings (SSSR count). The molecule has 0 saturated heterocycles. The maximum atomic E-state index is 11.7. The first-order valence-electron chi connectivity index (χ1n) is 6.86. The molecule has 1 amide bonds. The third-order valence-corrected chi connectivity index (χ3v) is 3.08. The quantitative estimate of drug-likeness (QED) is 0.771. The zero-order valence-corrected chi connectivity index (χ0v) is 12.7. The molecule has 1 fully saturated rings. The summed E-state index contributed by atoms with van der Waals surface area (Å²) < 4.78 is 5.25. The molecule has 4 heteroatoms. The summed E-state index contributed by atoms with van der Waals surface area (Å²) in [5.41, 5.74) is -0.753. The Morgan fingerprint density at radius 2 is 1.79 bits per heavy atom.